The maximum Gasteiger partial charge on any atom is 0.250 e. The second kappa shape index (κ2) is 10.4. The van der Waals surface area contributed by atoms with Crippen LogP contribution in [0, 0.1) is 0 Å². The maximum absolute atomic E-state index is 12.3. The van der Waals surface area contributed by atoms with Gasteiger partial charge in [0.05, 0.1) is 22.0 Å². The van der Waals surface area contributed by atoms with Crippen molar-refractivity contribution in [2.75, 3.05) is 5.75 Å². The highest BCUT2D eigenvalue weighted by atomic mass is 35.5. The number of aromatic nitrogens is 4. The lowest BCUT2D eigenvalue weighted by molar-refractivity contribution is -0.118. The van der Waals surface area contributed by atoms with Gasteiger partial charge in [-0.05, 0) is 30.3 Å². The standard InChI is InChI=1S/C22H16Cl2N6OS/c23-18-8-4-5-16(20(18)24)13-26-27-19(31)14-32-22-29-28-21(15-9-11-25-12-10-15)30(22)17-6-2-1-3-7-17/h1-13H,14H2,(H,27,31)/b26-13+. The number of nitrogens with one attached hydrogen (secondary N) is 1. The minimum Gasteiger partial charge on any atom is -0.272 e. The quantitative estimate of drug-likeness (QED) is 0.230. The monoisotopic (exact) mass is 482 g/mol. The van der Waals surface area contributed by atoms with Crippen molar-refractivity contribution >= 4 is 47.1 Å². The predicted octanol–water partition coefficient (Wildman–Crippen LogP) is 4.88. The highest BCUT2D eigenvalue weighted by Gasteiger charge is 2.17. The molecule has 0 bridgehead atoms. The molecule has 4 rings (SSSR count). The topological polar surface area (TPSA) is 85.1 Å². The van der Waals surface area contributed by atoms with Crippen LogP contribution in [0.15, 0.2) is 83.3 Å². The minimum absolute atomic E-state index is 0.0991. The molecule has 0 aliphatic rings. The fraction of sp³-hybridized carbons (Fsp3) is 0.0455. The average Bonchev–Trinajstić information content (AvgIpc) is 3.25. The van der Waals surface area contributed by atoms with Crippen LogP contribution in [0.5, 0.6) is 0 Å². The molecule has 7 nitrogen and oxygen atoms in total. The van der Waals surface area contributed by atoms with Crippen molar-refractivity contribution in [3.8, 4) is 17.1 Å². The summed E-state index contributed by atoms with van der Waals surface area (Å²) in [6.07, 6.45) is 4.85. The van der Waals surface area contributed by atoms with Gasteiger partial charge in [-0.15, -0.1) is 10.2 Å². The zero-order chi connectivity index (χ0) is 22.3. The molecular formula is C22H16Cl2N6OS. The van der Waals surface area contributed by atoms with Crippen LogP contribution in [0.2, 0.25) is 10.0 Å². The number of rotatable bonds is 7. The van der Waals surface area contributed by atoms with Crippen LogP contribution in [0.4, 0.5) is 0 Å². The van der Waals surface area contributed by atoms with Crippen LogP contribution in [0.1, 0.15) is 5.56 Å². The van der Waals surface area contributed by atoms with Crippen LogP contribution in [0.3, 0.4) is 0 Å². The van der Waals surface area contributed by atoms with Gasteiger partial charge in [0.25, 0.3) is 5.91 Å². The summed E-state index contributed by atoms with van der Waals surface area (Å²) in [6.45, 7) is 0. The highest BCUT2D eigenvalue weighted by Crippen LogP contribution is 2.27. The molecule has 10 heteroatoms. The van der Waals surface area contributed by atoms with E-state index in [1.807, 2.05) is 47.0 Å². The number of amides is 1. The van der Waals surface area contributed by atoms with Gasteiger partial charge >= 0.3 is 0 Å². The van der Waals surface area contributed by atoms with Crippen LogP contribution >= 0.6 is 35.0 Å². The van der Waals surface area contributed by atoms with Gasteiger partial charge in [0.2, 0.25) is 0 Å². The summed E-state index contributed by atoms with van der Waals surface area (Å²) in [5.74, 6) is 0.467. The van der Waals surface area contributed by atoms with E-state index in [1.54, 1.807) is 30.6 Å². The fourth-order valence-corrected chi connectivity index (χ4v) is 3.92. The molecule has 0 atom stereocenters. The predicted molar refractivity (Wildman–Crippen MR) is 128 cm³/mol. The number of nitrogens with zero attached hydrogens (tertiary/aromatic N) is 5. The van der Waals surface area contributed by atoms with E-state index in [0.717, 1.165) is 11.3 Å². The summed E-state index contributed by atoms with van der Waals surface area (Å²) in [4.78, 5) is 16.4. The fourth-order valence-electron chi connectivity index (χ4n) is 2.82. The van der Waals surface area contributed by atoms with Crippen LogP contribution < -0.4 is 5.43 Å². The van der Waals surface area contributed by atoms with Gasteiger partial charge in [-0.25, -0.2) is 5.43 Å². The van der Waals surface area contributed by atoms with Gasteiger partial charge in [0, 0.05) is 29.2 Å². The minimum atomic E-state index is -0.294. The van der Waals surface area contributed by atoms with Crippen molar-refractivity contribution in [2.45, 2.75) is 5.16 Å². The van der Waals surface area contributed by atoms with Gasteiger partial charge in [-0.3, -0.25) is 14.3 Å². The zero-order valence-corrected chi connectivity index (χ0v) is 18.8. The van der Waals surface area contributed by atoms with Gasteiger partial charge in [-0.1, -0.05) is 65.3 Å². The number of benzene rings is 2. The number of hydrogen-bond donors (Lipinski definition) is 1. The number of hydrazone groups is 1. The Bertz CT molecular complexity index is 1250. The largest absolute Gasteiger partial charge is 0.272 e. The highest BCUT2D eigenvalue weighted by molar-refractivity contribution is 7.99. The third-order valence-corrected chi connectivity index (χ3v) is 6.06. The lowest BCUT2D eigenvalue weighted by Crippen LogP contribution is -2.20. The number of carbonyl (C=O) groups excluding carboxylic acids is 1. The lowest BCUT2D eigenvalue weighted by atomic mass is 10.2. The molecule has 1 amide bonds. The average molecular weight is 483 g/mol. The summed E-state index contributed by atoms with van der Waals surface area (Å²) in [6, 6.07) is 18.6. The van der Waals surface area contributed by atoms with Crippen molar-refractivity contribution in [3.63, 3.8) is 0 Å². The van der Waals surface area contributed by atoms with Crippen LogP contribution in [-0.4, -0.2) is 37.6 Å². The normalized spacial score (nSPS) is 11.1. The number of carbonyl (C=O) groups is 1. The second-order valence-corrected chi connectivity index (χ2v) is 8.17. The zero-order valence-electron chi connectivity index (χ0n) is 16.5. The first kappa shape index (κ1) is 22.0. The molecule has 0 fully saturated rings. The van der Waals surface area contributed by atoms with E-state index < -0.39 is 0 Å². The third-order valence-electron chi connectivity index (χ3n) is 4.29. The number of thioether (sulfide) groups is 1. The lowest BCUT2D eigenvalue weighted by Gasteiger charge is -2.10. The Labute approximate surface area is 198 Å². The number of hydrogen-bond acceptors (Lipinski definition) is 6. The van der Waals surface area contributed by atoms with Crippen LogP contribution in [0.25, 0.3) is 17.1 Å². The molecule has 0 radical (unpaired) electrons. The first-order valence-electron chi connectivity index (χ1n) is 9.43. The SMILES string of the molecule is O=C(CSc1nnc(-c2ccncc2)n1-c1ccccc1)N/N=C/c1cccc(Cl)c1Cl. The van der Waals surface area contributed by atoms with Gasteiger partial charge in [0.1, 0.15) is 0 Å². The molecule has 2 aromatic carbocycles. The van der Waals surface area contributed by atoms with Crippen molar-refractivity contribution in [1.29, 1.82) is 0 Å². The Hall–Kier alpha value is -3.20. The summed E-state index contributed by atoms with van der Waals surface area (Å²) < 4.78 is 1.91. The van der Waals surface area contributed by atoms with Gasteiger partial charge in [-0.2, -0.15) is 5.10 Å². The molecule has 0 spiro atoms. The molecule has 2 heterocycles. The third kappa shape index (κ3) is 5.16. The number of pyridine rings is 1. The molecule has 2 aromatic heterocycles. The molecule has 0 saturated carbocycles. The van der Waals surface area contributed by atoms with Crippen LogP contribution in [-0.2, 0) is 4.79 Å². The summed E-state index contributed by atoms with van der Waals surface area (Å²) >= 11 is 13.4. The van der Waals surface area contributed by atoms with E-state index in [0.29, 0.717) is 26.6 Å². The summed E-state index contributed by atoms with van der Waals surface area (Å²) in [7, 11) is 0. The summed E-state index contributed by atoms with van der Waals surface area (Å²) in [5.41, 5.74) is 4.86. The van der Waals surface area contributed by atoms with E-state index in [9.17, 15) is 4.79 Å². The Morgan fingerprint density at radius 2 is 1.81 bits per heavy atom. The van der Waals surface area contributed by atoms with Crippen molar-refractivity contribution in [2.24, 2.45) is 5.10 Å². The smallest absolute Gasteiger partial charge is 0.250 e. The Balaban J connectivity index is 1.48. The molecule has 0 aliphatic heterocycles. The number of halogens is 2. The van der Waals surface area contributed by atoms with Crippen molar-refractivity contribution in [3.05, 3.63) is 88.7 Å². The molecule has 160 valence electrons. The maximum atomic E-state index is 12.3. The first-order valence-corrected chi connectivity index (χ1v) is 11.2. The Morgan fingerprint density at radius 3 is 2.59 bits per heavy atom. The van der Waals surface area contributed by atoms with E-state index in [-0.39, 0.29) is 11.7 Å². The van der Waals surface area contributed by atoms with Gasteiger partial charge < -0.3 is 0 Å². The molecule has 4 aromatic rings. The van der Waals surface area contributed by atoms with E-state index >= 15 is 0 Å². The number of para-hydroxylation sites is 1. The molecular weight excluding hydrogens is 467 g/mol. The van der Waals surface area contributed by atoms with Crippen molar-refractivity contribution < 1.29 is 4.79 Å². The molecule has 0 unspecified atom stereocenters. The molecule has 32 heavy (non-hydrogen) atoms. The Kier molecular flexibility index (Phi) is 7.16. The second-order valence-electron chi connectivity index (χ2n) is 6.44. The van der Waals surface area contributed by atoms with Crippen molar-refractivity contribution in [1.82, 2.24) is 25.2 Å². The Morgan fingerprint density at radius 1 is 1.03 bits per heavy atom. The molecule has 1 N–H and O–H groups in total. The van der Waals surface area contributed by atoms with Gasteiger partial charge in [0.15, 0.2) is 11.0 Å². The van der Waals surface area contributed by atoms with E-state index in [2.05, 4.69) is 25.7 Å². The molecule has 0 aliphatic carbocycles. The molecule has 0 saturated heterocycles. The van der Waals surface area contributed by atoms with E-state index in [1.165, 1.54) is 18.0 Å². The first-order chi connectivity index (χ1) is 15.6. The summed E-state index contributed by atoms with van der Waals surface area (Å²) in [5, 5.41) is 14.0. The van der Waals surface area contributed by atoms with E-state index in [4.69, 9.17) is 23.2 Å².